The fourth-order valence-corrected chi connectivity index (χ4v) is 2.46. The number of benzene rings is 1. The molecule has 20 heavy (non-hydrogen) atoms. The van der Waals surface area contributed by atoms with Crippen LogP contribution in [0.4, 0.5) is 5.69 Å². The number of hydrogen-bond acceptors (Lipinski definition) is 2. The van der Waals surface area contributed by atoms with Gasteiger partial charge in [0.15, 0.2) is 0 Å². The maximum Gasteiger partial charge on any atom is 0.134 e. The third kappa shape index (κ3) is 2.62. The van der Waals surface area contributed by atoms with Crippen LogP contribution in [-0.4, -0.2) is 11.1 Å². The quantitative estimate of drug-likeness (QED) is 0.862. The zero-order valence-corrected chi connectivity index (χ0v) is 12.3. The van der Waals surface area contributed by atoms with Crippen LogP contribution in [0.3, 0.4) is 0 Å². The summed E-state index contributed by atoms with van der Waals surface area (Å²) in [5.74, 6) is 0. The van der Waals surface area contributed by atoms with Crippen LogP contribution in [0, 0.1) is 0 Å². The van der Waals surface area contributed by atoms with E-state index in [-0.39, 0.29) is 11.6 Å². The predicted octanol–water partition coefficient (Wildman–Crippen LogP) is 2.55. The third-order valence-electron chi connectivity index (χ3n) is 3.66. The molecule has 0 fully saturated rings. The van der Waals surface area contributed by atoms with E-state index < -0.39 is 0 Å². The SMILES string of the molecule is CC(C)(C)c1cccc(NC2CC=c3cc[nH]c3=N2)c1. The molecule has 1 unspecified atom stereocenters. The van der Waals surface area contributed by atoms with Gasteiger partial charge in [0.1, 0.15) is 11.7 Å². The van der Waals surface area contributed by atoms with Crippen molar-refractivity contribution in [2.24, 2.45) is 4.99 Å². The van der Waals surface area contributed by atoms with Crippen LogP contribution in [0.1, 0.15) is 32.8 Å². The molecule has 1 aliphatic rings. The lowest BCUT2D eigenvalue weighted by atomic mass is 9.87. The second-order valence-electron chi connectivity index (χ2n) is 6.34. The molecule has 0 radical (unpaired) electrons. The van der Waals surface area contributed by atoms with Crippen molar-refractivity contribution in [3.8, 4) is 0 Å². The van der Waals surface area contributed by atoms with Crippen LogP contribution in [0.15, 0.2) is 41.5 Å². The summed E-state index contributed by atoms with van der Waals surface area (Å²) in [7, 11) is 0. The molecule has 0 aliphatic carbocycles. The molecular weight excluding hydrogens is 246 g/mol. The van der Waals surface area contributed by atoms with E-state index in [1.807, 2.05) is 6.20 Å². The van der Waals surface area contributed by atoms with Crippen molar-refractivity contribution in [2.45, 2.75) is 38.8 Å². The average Bonchev–Trinajstić information content (AvgIpc) is 2.85. The number of aromatic nitrogens is 1. The van der Waals surface area contributed by atoms with E-state index >= 15 is 0 Å². The van der Waals surface area contributed by atoms with Crippen molar-refractivity contribution >= 4 is 11.8 Å². The van der Waals surface area contributed by atoms with Crippen molar-refractivity contribution in [1.29, 1.82) is 0 Å². The number of nitrogens with one attached hydrogen (secondary N) is 2. The molecule has 0 saturated heterocycles. The molecule has 1 aromatic heterocycles. The Hall–Kier alpha value is -2.03. The van der Waals surface area contributed by atoms with E-state index in [1.165, 1.54) is 10.8 Å². The van der Waals surface area contributed by atoms with Crippen molar-refractivity contribution in [3.05, 3.63) is 52.8 Å². The van der Waals surface area contributed by atoms with Crippen molar-refractivity contribution in [3.63, 3.8) is 0 Å². The van der Waals surface area contributed by atoms with Crippen LogP contribution < -0.4 is 16.0 Å². The van der Waals surface area contributed by atoms with E-state index in [0.717, 1.165) is 17.6 Å². The highest BCUT2D eigenvalue weighted by molar-refractivity contribution is 5.48. The minimum Gasteiger partial charge on any atom is -0.363 e. The summed E-state index contributed by atoms with van der Waals surface area (Å²) in [5, 5.41) is 4.71. The Morgan fingerprint density at radius 1 is 1.25 bits per heavy atom. The van der Waals surface area contributed by atoms with Gasteiger partial charge in [-0.2, -0.15) is 0 Å². The van der Waals surface area contributed by atoms with E-state index in [4.69, 9.17) is 4.99 Å². The van der Waals surface area contributed by atoms with Gasteiger partial charge in [-0.25, -0.2) is 4.99 Å². The molecule has 1 aliphatic heterocycles. The molecule has 3 nitrogen and oxygen atoms in total. The van der Waals surface area contributed by atoms with Crippen LogP contribution >= 0.6 is 0 Å². The van der Waals surface area contributed by atoms with Gasteiger partial charge in [-0.15, -0.1) is 0 Å². The molecule has 3 heteroatoms. The smallest absolute Gasteiger partial charge is 0.134 e. The number of H-pyrrole nitrogens is 1. The summed E-state index contributed by atoms with van der Waals surface area (Å²) in [6.45, 7) is 6.70. The zero-order valence-electron chi connectivity index (χ0n) is 12.3. The van der Waals surface area contributed by atoms with E-state index in [0.29, 0.717) is 0 Å². The van der Waals surface area contributed by atoms with Gasteiger partial charge in [-0.1, -0.05) is 39.0 Å². The third-order valence-corrected chi connectivity index (χ3v) is 3.66. The second kappa shape index (κ2) is 4.82. The van der Waals surface area contributed by atoms with Crippen molar-refractivity contribution in [2.75, 3.05) is 5.32 Å². The Morgan fingerprint density at radius 3 is 2.90 bits per heavy atom. The lowest BCUT2D eigenvalue weighted by Crippen LogP contribution is -2.33. The number of hydrogen-bond donors (Lipinski definition) is 2. The molecule has 0 saturated carbocycles. The van der Waals surface area contributed by atoms with Crippen LogP contribution in [0.25, 0.3) is 6.08 Å². The van der Waals surface area contributed by atoms with Crippen molar-refractivity contribution < 1.29 is 0 Å². The van der Waals surface area contributed by atoms with Crippen LogP contribution in [0.5, 0.6) is 0 Å². The van der Waals surface area contributed by atoms with Gasteiger partial charge in [0.2, 0.25) is 0 Å². The van der Waals surface area contributed by atoms with E-state index in [9.17, 15) is 0 Å². The summed E-state index contributed by atoms with van der Waals surface area (Å²) >= 11 is 0. The summed E-state index contributed by atoms with van der Waals surface area (Å²) in [4.78, 5) is 7.87. The summed E-state index contributed by atoms with van der Waals surface area (Å²) < 4.78 is 0. The average molecular weight is 267 g/mol. The molecular formula is C17H21N3. The Morgan fingerprint density at radius 2 is 2.10 bits per heavy atom. The topological polar surface area (TPSA) is 40.2 Å². The van der Waals surface area contributed by atoms with E-state index in [1.54, 1.807) is 0 Å². The van der Waals surface area contributed by atoms with Crippen LogP contribution in [0.2, 0.25) is 0 Å². The largest absolute Gasteiger partial charge is 0.363 e. The fourth-order valence-electron chi connectivity index (χ4n) is 2.46. The lowest BCUT2D eigenvalue weighted by molar-refractivity contribution is 0.590. The van der Waals surface area contributed by atoms with Gasteiger partial charge < -0.3 is 10.3 Å². The van der Waals surface area contributed by atoms with E-state index in [2.05, 4.69) is 67.5 Å². The molecule has 3 rings (SSSR count). The Balaban J connectivity index is 1.83. The molecule has 2 heterocycles. The Labute approximate surface area is 119 Å². The molecule has 2 aromatic rings. The standard InChI is InChI=1S/C17H21N3/c1-17(2,3)13-5-4-6-14(11-13)19-15-8-7-12-9-10-18-16(12)20-15/h4-7,9-11,15,19H,8H2,1-3H3,(H,18,20). The summed E-state index contributed by atoms with van der Waals surface area (Å²) in [5.41, 5.74) is 3.61. The van der Waals surface area contributed by atoms with Gasteiger partial charge in [-0.3, -0.25) is 0 Å². The fraction of sp³-hybridized carbons (Fsp3) is 0.353. The first-order chi connectivity index (χ1) is 9.52. The highest BCUT2D eigenvalue weighted by Crippen LogP contribution is 2.25. The minimum absolute atomic E-state index is 0.108. The maximum absolute atomic E-state index is 4.69. The molecule has 0 amide bonds. The summed E-state index contributed by atoms with van der Waals surface area (Å²) in [6, 6.07) is 10.7. The summed E-state index contributed by atoms with van der Waals surface area (Å²) in [6.07, 6.45) is 5.19. The number of aromatic amines is 1. The minimum atomic E-state index is 0.108. The Bertz CT molecular complexity index is 719. The molecule has 1 atom stereocenters. The molecule has 0 spiro atoms. The van der Waals surface area contributed by atoms with Gasteiger partial charge in [-0.05, 0) is 29.2 Å². The van der Waals surface area contributed by atoms with Gasteiger partial charge in [0, 0.05) is 23.5 Å². The maximum atomic E-state index is 4.69. The zero-order chi connectivity index (χ0) is 14.2. The first-order valence-corrected chi connectivity index (χ1v) is 7.11. The molecule has 0 bridgehead atoms. The predicted molar refractivity (Wildman–Crippen MR) is 83.2 cm³/mol. The van der Waals surface area contributed by atoms with Crippen molar-refractivity contribution in [1.82, 2.24) is 4.98 Å². The van der Waals surface area contributed by atoms with Gasteiger partial charge in [0.05, 0.1) is 0 Å². The normalized spacial score (nSPS) is 17.9. The Kier molecular flexibility index (Phi) is 3.13. The molecule has 1 aromatic carbocycles. The molecule has 104 valence electrons. The van der Waals surface area contributed by atoms with Gasteiger partial charge >= 0.3 is 0 Å². The number of anilines is 1. The van der Waals surface area contributed by atoms with Crippen LogP contribution in [-0.2, 0) is 5.41 Å². The highest BCUT2D eigenvalue weighted by atomic mass is 15.1. The second-order valence-corrected chi connectivity index (χ2v) is 6.34. The number of fused-ring (bicyclic) bond motifs is 1. The first-order valence-electron chi connectivity index (χ1n) is 7.11. The molecule has 2 N–H and O–H groups in total. The number of rotatable bonds is 2. The first kappa shape index (κ1) is 13.0. The monoisotopic (exact) mass is 267 g/mol. The van der Waals surface area contributed by atoms with Gasteiger partial charge in [0.25, 0.3) is 0 Å². The highest BCUT2D eigenvalue weighted by Gasteiger charge is 2.15. The number of nitrogens with zero attached hydrogens (tertiary/aromatic N) is 1. The lowest BCUT2D eigenvalue weighted by Gasteiger charge is -2.21.